The summed E-state index contributed by atoms with van der Waals surface area (Å²) in [6, 6.07) is 9.27. The first kappa shape index (κ1) is 13.7. The van der Waals surface area contributed by atoms with Crippen LogP contribution < -0.4 is 0 Å². The number of carboxylic acids is 1. The summed E-state index contributed by atoms with van der Waals surface area (Å²) in [5, 5.41) is 13.1. The van der Waals surface area contributed by atoms with Crippen LogP contribution >= 0.6 is 24.0 Å². The molecule has 0 spiro atoms. The zero-order valence-corrected chi connectivity index (χ0v) is 11.4. The summed E-state index contributed by atoms with van der Waals surface area (Å²) in [6.07, 6.45) is 1.27. The number of hydrogen-bond donors (Lipinski definition) is 1. The van der Waals surface area contributed by atoms with Gasteiger partial charge < -0.3 is 5.11 Å². The largest absolute Gasteiger partial charge is 0.481 e. The summed E-state index contributed by atoms with van der Waals surface area (Å²) in [5.74, 6) is -1.41. The maximum atomic E-state index is 11.9. The predicted molar refractivity (Wildman–Crippen MR) is 77.1 cm³/mol. The molecule has 0 saturated carbocycles. The molecule has 1 N–H and O–H groups in total. The Hall–Kier alpha value is -1.73. The number of rotatable bonds is 4. The molecular weight excluding hydrogens is 284 g/mol. The van der Waals surface area contributed by atoms with Crippen LogP contribution in [0, 0.1) is 0 Å². The molecule has 2 rings (SSSR count). The number of aliphatic carboxylic acids is 1. The van der Waals surface area contributed by atoms with E-state index in [2.05, 4.69) is 5.10 Å². The molecule has 0 bridgehead atoms. The lowest BCUT2D eigenvalue weighted by atomic mass is 10.2. The number of amides is 1. The average molecular weight is 294 g/mol. The minimum absolute atomic E-state index is 0.249. The van der Waals surface area contributed by atoms with Crippen LogP contribution in [0.25, 0.3) is 0 Å². The molecule has 1 fully saturated rings. The van der Waals surface area contributed by atoms with Crippen LogP contribution in [0.5, 0.6) is 0 Å². The van der Waals surface area contributed by atoms with Crippen molar-refractivity contribution >= 4 is 46.4 Å². The first-order chi connectivity index (χ1) is 9.08. The number of benzene rings is 1. The van der Waals surface area contributed by atoms with Gasteiger partial charge in [0.1, 0.15) is 5.25 Å². The monoisotopic (exact) mass is 294 g/mol. The van der Waals surface area contributed by atoms with E-state index >= 15 is 0 Å². The van der Waals surface area contributed by atoms with E-state index in [4.69, 9.17) is 17.3 Å². The van der Waals surface area contributed by atoms with Crippen molar-refractivity contribution in [1.29, 1.82) is 0 Å². The zero-order valence-electron chi connectivity index (χ0n) is 9.72. The molecule has 7 heteroatoms. The van der Waals surface area contributed by atoms with Crippen LogP contribution in [0.1, 0.15) is 12.0 Å². The first-order valence-corrected chi connectivity index (χ1v) is 6.72. The summed E-state index contributed by atoms with van der Waals surface area (Å²) in [7, 11) is 0. The predicted octanol–water partition coefficient (Wildman–Crippen LogP) is 1.72. The van der Waals surface area contributed by atoms with E-state index in [1.54, 1.807) is 0 Å². The van der Waals surface area contributed by atoms with Gasteiger partial charge in [0, 0.05) is 0 Å². The number of thiocarbonyl (C=S) groups is 1. The number of hydrogen-bond acceptors (Lipinski definition) is 5. The summed E-state index contributed by atoms with van der Waals surface area (Å²) in [4.78, 5) is 22.5. The van der Waals surface area contributed by atoms with E-state index < -0.39 is 11.2 Å². The van der Waals surface area contributed by atoms with Crippen LogP contribution in [-0.4, -0.2) is 37.8 Å². The summed E-state index contributed by atoms with van der Waals surface area (Å²) in [5.41, 5.74) is 0.838. The highest BCUT2D eigenvalue weighted by atomic mass is 32.2. The molecule has 1 atom stereocenters. The molecule has 1 saturated heterocycles. The van der Waals surface area contributed by atoms with E-state index in [0.717, 1.165) is 22.3 Å². The van der Waals surface area contributed by atoms with Crippen LogP contribution in [0.2, 0.25) is 0 Å². The van der Waals surface area contributed by atoms with Gasteiger partial charge in [-0.1, -0.05) is 54.3 Å². The zero-order chi connectivity index (χ0) is 13.8. The van der Waals surface area contributed by atoms with Gasteiger partial charge in [-0.25, -0.2) is 0 Å². The maximum Gasteiger partial charge on any atom is 0.305 e. The molecule has 1 unspecified atom stereocenters. The van der Waals surface area contributed by atoms with Gasteiger partial charge in [0.25, 0.3) is 5.91 Å². The van der Waals surface area contributed by atoms with Crippen molar-refractivity contribution in [3.8, 4) is 0 Å². The quantitative estimate of drug-likeness (QED) is 0.676. The molecule has 19 heavy (non-hydrogen) atoms. The molecule has 1 aromatic rings. The second kappa shape index (κ2) is 5.94. The molecule has 5 nitrogen and oxygen atoms in total. The number of carbonyl (C=O) groups is 2. The van der Waals surface area contributed by atoms with E-state index in [1.807, 2.05) is 30.3 Å². The van der Waals surface area contributed by atoms with Gasteiger partial charge in [-0.15, -0.1) is 0 Å². The van der Waals surface area contributed by atoms with Gasteiger partial charge >= 0.3 is 5.97 Å². The minimum Gasteiger partial charge on any atom is -0.481 e. The van der Waals surface area contributed by atoms with Crippen molar-refractivity contribution in [3.05, 3.63) is 35.9 Å². The third-order valence-electron chi connectivity index (χ3n) is 2.38. The fraction of sp³-hybridized carbons (Fsp3) is 0.167. The van der Waals surface area contributed by atoms with Gasteiger partial charge in [-0.05, 0) is 5.56 Å². The standard InChI is InChI=1S/C12H10N2O3S2/c15-10(16)6-9-11(17)14(12(18)19-9)13-7-8-4-2-1-3-5-8/h1-5,7,9H,6H2,(H,15,16). The highest BCUT2D eigenvalue weighted by Gasteiger charge is 2.38. The highest BCUT2D eigenvalue weighted by Crippen LogP contribution is 2.29. The lowest BCUT2D eigenvalue weighted by molar-refractivity contribution is -0.139. The summed E-state index contributed by atoms with van der Waals surface area (Å²) in [6.45, 7) is 0. The van der Waals surface area contributed by atoms with Crippen molar-refractivity contribution in [3.63, 3.8) is 0 Å². The fourth-order valence-electron chi connectivity index (χ4n) is 1.50. The van der Waals surface area contributed by atoms with Crippen LogP contribution in [0.3, 0.4) is 0 Å². The first-order valence-electron chi connectivity index (χ1n) is 5.43. The molecule has 0 radical (unpaired) electrons. The van der Waals surface area contributed by atoms with E-state index in [0.29, 0.717) is 0 Å². The minimum atomic E-state index is -1.03. The van der Waals surface area contributed by atoms with Gasteiger partial charge in [0.2, 0.25) is 0 Å². The number of carbonyl (C=O) groups excluding carboxylic acids is 1. The van der Waals surface area contributed by atoms with Gasteiger partial charge in [-0.2, -0.15) is 10.1 Å². The SMILES string of the molecule is O=C(O)CC1SC(=S)N(N=Cc2ccccc2)C1=O. The Morgan fingerprint density at radius 1 is 1.47 bits per heavy atom. The number of carboxylic acid groups (broad SMARTS) is 1. The Morgan fingerprint density at radius 3 is 2.79 bits per heavy atom. The topological polar surface area (TPSA) is 70.0 Å². The maximum absolute atomic E-state index is 11.9. The van der Waals surface area contributed by atoms with E-state index in [1.165, 1.54) is 6.21 Å². The van der Waals surface area contributed by atoms with Crippen LogP contribution in [0.15, 0.2) is 35.4 Å². The second-order valence-corrected chi connectivity index (χ2v) is 5.61. The van der Waals surface area contributed by atoms with Gasteiger partial charge in [0.05, 0.1) is 12.6 Å². The third kappa shape index (κ3) is 3.39. The molecule has 0 aromatic heterocycles. The Bertz CT molecular complexity index is 545. The molecule has 1 amide bonds. The highest BCUT2D eigenvalue weighted by molar-refractivity contribution is 8.24. The molecule has 98 valence electrons. The second-order valence-electron chi connectivity index (χ2n) is 3.78. The van der Waals surface area contributed by atoms with E-state index in [9.17, 15) is 9.59 Å². The van der Waals surface area contributed by atoms with E-state index in [-0.39, 0.29) is 16.6 Å². The van der Waals surface area contributed by atoms with Crippen molar-refractivity contribution in [2.75, 3.05) is 0 Å². The van der Waals surface area contributed by atoms with Crippen molar-refractivity contribution < 1.29 is 14.7 Å². The lowest BCUT2D eigenvalue weighted by Gasteiger charge is -2.07. The molecule has 1 aliphatic heterocycles. The molecule has 1 heterocycles. The molecular formula is C12H10N2O3S2. The Balaban J connectivity index is 2.09. The molecule has 1 aliphatic rings. The van der Waals surface area contributed by atoms with Crippen LogP contribution in [-0.2, 0) is 9.59 Å². The molecule has 0 aliphatic carbocycles. The fourth-order valence-corrected chi connectivity index (χ4v) is 2.90. The van der Waals surface area contributed by atoms with Gasteiger partial charge in [-0.3, -0.25) is 9.59 Å². The van der Waals surface area contributed by atoms with Crippen molar-refractivity contribution in [2.45, 2.75) is 11.7 Å². The molecule has 1 aromatic carbocycles. The smallest absolute Gasteiger partial charge is 0.305 e. The normalized spacial score (nSPS) is 19.4. The van der Waals surface area contributed by atoms with Gasteiger partial charge in [0.15, 0.2) is 4.32 Å². The number of nitrogens with zero attached hydrogens (tertiary/aromatic N) is 2. The number of hydrazone groups is 1. The van der Waals surface area contributed by atoms with Crippen molar-refractivity contribution in [1.82, 2.24) is 5.01 Å². The summed E-state index contributed by atoms with van der Waals surface area (Å²) < 4.78 is 0.281. The number of thioether (sulfide) groups is 1. The van der Waals surface area contributed by atoms with Crippen LogP contribution in [0.4, 0.5) is 0 Å². The third-order valence-corrected chi connectivity index (χ3v) is 3.87. The Morgan fingerprint density at radius 2 is 2.16 bits per heavy atom. The average Bonchev–Trinajstić information content (AvgIpc) is 2.63. The Labute approximate surface area is 119 Å². The summed E-state index contributed by atoms with van der Waals surface area (Å²) >= 11 is 6.08. The van der Waals surface area contributed by atoms with Crippen molar-refractivity contribution in [2.24, 2.45) is 5.10 Å². The Kier molecular flexibility index (Phi) is 4.28. The lowest BCUT2D eigenvalue weighted by Crippen LogP contribution is -2.27.